The van der Waals surface area contributed by atoms with Crippen molar-refractivity contribution in [2.24, 2.45) is 23.7 Å². The lowest BCUT2D eigenvalue weighted by molar-refractivity contribution is -0.145. The highest BCUT2D eigenvalue weighted by molar-refractivity contribution is 9.10. The third-order valence-electron chi connectivity index (χ3n) is 5.38. The van der Waals surface area contributed by atoms with Crippen LogP contribution in [-0.2, 0) is 14.3 Å². The number of hydrogen-bond donors (Lipinski definition) is 1. The average Bonchev–Trinajstić information content (AvgIpc) is 3.09. The number of esters is 1. The first kappa shape index (κ1) is 14.5. The largest absolute Gasteiger partial charge is 0.462 e. The number of amides is 1. The Balaban J connectivity index is 1.59. The van der Waals surface area contributed by atoms with E-state index in [-0.39, 0.29) is 41.7 Å². The van der Waals surface area contributed by atoms with Crippen molar-refractivity contribution in [3.8, 4) is 0 Å². The summed E-state index contributed by atoms with van der Waals surface area (Å²) in [6, 6.07) is 3.64. The van der Waals surface area contributed by atoms with Gasteiger partial charge in [0.1, 0.15) is 6.10 Å². The number of halogens is 2. The Morgan fingerprint density at radius 1 is 1.41 bits per heavy atom. The molecule has 1 heterocycles. The van der Waals surface area contributed by atoms with Gasteiger partial charge in [0.15, 0.2) is 0 Å². The van der Waals surface area contributed by atoms with Crippen LogP contribution in [0.3, 0.4) is 0 Å². The Bertz CT molecular complexity index is 690. The van der Waals surface area contributed by atoms with Crippen molar-refractivity contribution in [3.05, 3.63) is 27.2 Å². The molecule has 3 fully saturated rings. The van der Waals surface area contributed by atoms with Gasteiger partial charge in [0.05, 0.1) is 16.9 Å². The summed E-state index contributed by atoms with van der Waals surface area (Å²) in [5.41, 5.74) is 1.52. The molecule has 2 bridgehead atoms. The van der Waals surface area contributed by atoms with Crippen LogP contribution < -0.4 is 5.32 Å². The first-order valence-electron chi connectivity index (χ1n) is 7.43. The van der Waals surface area contributed by atoms with Crippen molar-refractivity contribution >= 4 is 45.1 Å². The minimum Gasteiger partial charge on any atom is -0.462 e. The van der Waals surface area contributed by atoms with Crippen LogP contribution in [0.4, 0.5) is 5.69 Å². The van der Waals surface area contributed by atoms with Crippen molar-refractivity contribution in [1.29, 1.82) is 0 Å². The van der Waals surface area contributed by atoms with Crippen LogP contribution in [0, 0.1) is 30.6 Å². The second kappa shape index (κ2) is 4.96. The lowest BCUT2D eigenvalue weighted by Gasteiger charge is -2.24. The van der Waals surface area contributed by atoms with Crippen molar-refractivity contribution in [1.82, 2.24) is 0 Å². The molecule has 4 rings (SSSR count). The van der Waals surface area contributed by atoms with Crippen LogP contribution in [0.15, 0.2) is 16.6 Å². The smallest absolute Gasteiger partial charge is 0.310 e. The summed E-state index contributed by atoms with van der Waals surface area (Å²) >= 11 is 9.57. The highest BCUT2D eigenvalue weighted by Gasteiger charge is 2.63. The first-order valence-corrected chi connectivity index (χ1v) is 8.60. The molecule has 1 aliphatic heterocycles. The summed E-state index contributed by atoms with van der Waals surface area (Å²) in [5, 5.41) is 3.55. The SMILES string of the molecule is Cc1c(NC(=O)[C@@H]2[C@@H]3C[C@H]4[C@@H]2C(=O)O[C@@H]4C3)ccc(Br)c1Cl. The standard InChI is InChI=1S/C16H15BrClNO3/c1-6-10(3-2-9(17)14(6)18)19-15(20)12-7-4-8-11(5-7)22-16(21)13(8)12/h2-3,7-8,11-13H,4-5H2,1H3,(H,19,20)/t7-,8-,11-,12-,13+/m1/s1. The molecule has 1 aromatic carbocycles. The molecule has 1 saturated heterocycles. The van der Waals surface area contributed by atoms with Gasteiger partial charge in [0, 0.05) is 16.1 Å². The molecule has 22 heavy (non-hydrogen) atoms. The van der Waals surface area contributed by atoms with E-state index in [1.807, 2.05) is 19.1 Å². The number of ether oxygens (including phenoxy) is 1. The summed E-state index contributed by atoms with van der Waals surface area (Å²) in [4.78, 5) is 24.7. The third kappa shape index (κ3) is 1.95. The Labute approximate surface area is 141 Å². The molecule has 2 saturated carbocycles. The highest BCUT2D eigenvalue weighted by atomic mass is 79.9. The molecule has 1 N–H and O–H groups in total. The van der Waals surface area contributed by atoms with E-state index in [9.17, 15) is 9.59 Å². The van der Waals surface area contributed by atoms with Crippen LogP contribution in [0.1, 0.15) is 18.4 Å². The van der Waals surface area contributed by atoms with E-state index in [4.69, 9.17) is 16.3 Å². The Hall–Kier alpha value is -1.07. The van der Waals surface area contributed by atoms with E-state index in [1.54, 1.807) is 0 Å². The van der Waals surface area contributed by atoms with Gasteiger partial charge < -0.3 is 10.1 Å². The second-order valence-electron chi connectivity index (χ2n) is 6.45. The molecule has 5 atom stereocenters. The summed E-state index contributed by atoms with van der Waals surface area (Å²) < 4.78 is 6.18. The zero-order valence-corrected chi connectivity index (χ0v) is 14.3. The van der Waals surface area contributed by atoms with Gasteiger partial charge in [-0.3, -0.25) is 9.59 Å². The average molecular weight is 385 g/mol. The van der Waals surface area contributed by atoms with Crippen molar-refractivity contribution in [2.75, 3.05) is 5.32 Å². The Morgan fingerprint density at radius 2 is 2.18 bits per heavy atom. The maximum atomic E-state index is 12.7. The molecule has 0 radical (unpaired) electrons. The molecular weight excluding hydrogens is 370 g/mol. The van der Waals surface area contributed by atoms with Gasteiger partial charge in [-0.1, -0.05) is 11.6 Å². The predicted molar refractivity (Wildman–Crippen MR) is 85.6 cm³/mol. The van der Waals surface area contributed by atoms with Crippen molar-refractivity contribution in [2.45, 2.75) is 25.9 Å². The second-order valence-corrected chi connectivity index (χ2v) is 7.68. The molecule has 116 valence electrons. The first-order chi connectivity index (χ1) is 10.5. The molecular formula is C16H15BrClNO3. The van der Waals surface area contributed by atoms with E-state index < -0.39 is 0 Å². The van der Waals surface area contributed by atoms with Gasteiger partial charge >= 0.3 is 5.97 Å². The Kier molecular flexibility index (Phi) is 3.28. The third-order valence-corrected chi connectivity index (χ3v) is 6.76. The number of nitrogens with one attached hydrogen (secondary N) is 1. The Morgan fingerprint density at radius 3 is 2.95 bits per heavy atom. The minimum atomic E-state index is -0.266. The summed E-state index contributed by atoms with van der Waals surface area (Å²) in [7, 11) is 0. The molecule has 4 nitrogen and oxygen atoms in total. The topological polar surface area (TPSA) is 55.4 Å². The predicted octanol–water partition coefficient (Wildman–Crippen LogP) is 3.55. The van der Waals surface area contributed by atoms with Gasteiger partial charge in [0.2, 0.25) is 5.91 Å². The van der Waals surface area contributed by atoms with Gasteiger partial charge in [-0.15, -0.1) is 0 Å². The van der Waals surface area contributed by atoms with Gasteiger partial charge in [0.25, 0.3) is 0 Å². The number of carbonyl (C=O) groups excluding carboxylic acids is 2. The molecule has 6 heteroatoms. The van der Waals surface area contributed by atoms with E-state index in [0.29, 0.717) is 10.7 Å². The fourth-order valence-corrected chi connectivity index (χ4v) is 4.96. The quantitative estimate of drug-likeness (QED) is 0.793. The van der Waals surface area contributed by atoms with Gasteiger partial charge in [-0.2, -0.15) is 0 Å². The lowest BCUT2D eigenvalue weighted by atomic mass is 9.79. The molecule has 0 unspecified atom stereocenters. The van der Waals surface area contributed by atoms with Crippen LogP contribution >= 0.6 is 27.5 Å². The van der Waals surface area contributed by atoms with Crippen LogP contribution in [-0.4, -0.2) is 18.0 Å². The maximum Gasteiger partial charge on any atom is 0.310 e. The fourth-order valence-electron chi connectivity index (χ4n) is 4.37. The highest BCUT2D eigenvalue weighted by Crippen LogP contribution is 2.57. The van der Waals surface area contributed by atoms with E-state index in [0.717, 1.165) is 22.9 Å². The van der Waals surface area contributed by atoms with E-state index in [2.05, 4.69) is 21.2 Å². The monoisotopic (exact) mass is 383 g/mol. The molecule has 0 aromatic heterocycles. The fraction of sp³-hybridized carbons (Fsp3) is 0.500. The molecule has 3 aliphatic rings. The molecule has 1 amide bonds. The summed E-state index contributed by atoms with van der Waals surface area (Å²) in [6.45, 7) is 1.86. The lowest BCUT2D eigenvalue weighted by Crippen LogP contribution is -2.36. The van der Waals surface area contributed by atoms with E-state index in [1.165, 1.54) is 0 Å². The normalized spacial score (nSPS) is 34.9. The van der Waals surface area contributed by atoms with Crippen LogP contribution in [0.2, 0.25) is 5.02 Å². The number of carbonyl (C=O) groups is 2. The number of fused-ring (bicyclic) bond motifs is 1. The van der Waals surface area contributed by atoms with Gasteiger partial charge in [-0.25, -0.2) is 0 Å². The number of rotatable bonds is 2. The maximum absolute atomic E-state index is 12.7. The van der Waals surface area contributed by atoms with Crippen molar-refractivity contribution < 1.29 is 14.3 Å². The van der Waals surface area contributed by atoms with Crippen LogP contribution in [0.25, 0.3) is 0 Å². The zero-order chi connectivity index (χ0) is 15.6. The summed E-state index contributed by atoms with van der Waals surface area (Å²) in [6.07, 6.45) is 1.81. The molecule has 0 spiro atoms. The molecule has 1 aromatic rings. The minimum absolute atomic E-state index is 0.0513. The molecule has 2 aliphatic carbocycles. The number of hydrogen-bond acceptors (Lipinski definition) is 3. The van der Waals surface area contributed by atoms with E-state index >= 15 is 0 Å². The summed E-state index contributed by atoms with van der Waals surface area (Å²) in [5.74, 6) is -0.300. The number of benzene rings is 1. The van der Waals surface area contributed by atoms with Crippen molar-refractivity contribution in [3.63, 3.8) is 0 Å². The van der Waals surface area contributed by atoms with Gasteiger partial charge in [-0.05, 0) is 59.3 Å². The number of anilines is 1. The van der Waals surface area contributed by atoms with Crippen LogP contribution in [0.5, 0.6) is 0 Å². The zero-order valence-electron chi connectivity index (χ0n) is 11.9.